The van der Waals surface area contributed by atoms with Crippen LogP contribution >= 0.6 is 11.3 Å². The zero-order chi connectivity index (χ0) is 15.4. The molecule has 2 N–H and O–H groups in total. The molecule has 1 aliphatic carbocycles. The number of thiazole rings is 1. The molecule has 2 heterocycles. The quantitative estimate of drug-likeness (QED) is 0.799. The number of nitrogen functional groups attached to an aromatic ring is 1. The molecule has 0 amide bonds. The Kier molecular flexibility index (Phi) is 5.71. The first kappa shape index (κ1) is 16.2. The molecule has 0 bridgehead atoms. The van der Waals surface area contributed by atoms with Gasteiger partial charge in [-0.05, 0) is 70.1 Å². The van der Waals surface area contributed by atoms with E-state index < -0.39 is 0 Å². The van der Waals surface area contributed by atoms with Gasteiger partial charge in [-0.3, -0.25) is 4.90 Å². The van der Waals surface area contributed by atoms with Gasteiger partial charge < -0.3 is 10.6 Å². The molecule has 1 aromatic rings. The standard InChI is InChI=1S/C17H30N4S/c1-2-20(12-15-3-4-15)8-5-14-6-9-21(10-7-14)13-16-11-19-17(18)22-16/h11,14-15H,2-10,12-13H2,1H3,(H2,18,19). The van der Waals surface area contributed by atoms with Gasteiger partial charge in [-0.2, -0.15) is 0 Å². The Morgan fingerprint density at radius 2 is 2.05 bits per heavy atom. The van der Waals surface area contributed by atoms with Gasteiger partial charge in [-0.1, -0.05) is 6.92 Å². The number of nitrogens with two attached hydrogens (primary N) is 1. The summed E-state index contributed by atoms with van der Waals surface area (Å²) >= 11 is 1.63. The van der Waals surface area contributed by atoms with Crippen molar-refractivity contribution >= 4 is 16.5 Å². The van der Waals surface area contributed by atoms with Crippen molar-refractivity contribution in [1.29, 1.82) is 0 Å². The van der Waals surface area contributed by atoms with Crippen LogP contribution in [0.1, 0.15) is 43.9 Å². The third kappa shape index (κ3) is 4.93. The summed E-state index contributed by atoms with van der Waals surface area (Å²) in [5.41, 5.74) is 5.71. The molecule has 0 unspecified atom stereocenters. The van der Waals surface area contributed by atoms with Crippen LogP contribution in [0.3, 0.4) is 0 Å². The summed E-state index contributed by atoms with van der Waals surface area (Å²) in [6.07, 6.45) is 8.98. The Hall–Kier alpha value is -0.650. The maximum atomic E-state index is 5.71. The highest BCUT2D eigenvalue weighted by Crippen LogP contribution is 2.30. The van der Waals surface area contributed by atoms with Crippen LogP contribution in [0.15, 0.2) is 6.20 Å². The highest BCUT2D eigenvalue weighted by atomic mass is 32.1. The first-order valence-corrected chi connectivity index (χ1v) is 9.69. The van der Waals surface area contributed by atoms with Gasteiger partial charge in [0.05, 0.1) is 0 Å². The van der Waals surface area contributed by atoms with Crippen LogP contribution < -0.4 is 5.73 Å². The van der Waals surface area contributed by atoms with E-state index in [4.69, 9.17) is 5.73 Å². The van der Waals surface area contributed by atoms with Crippen molar-refractivity contribution in [1.82, 2.24) is 14.8 Å². The van der Waals surface area contributed by atoms with Gasteiger partial charge in [-0.25, -0.2) is 4.98 Å². The van der Waals surface area contributed by atoms with E-state index in [1.54, 1.807) is 11.3 Å². The summed E-state index contributed by atoms with van der Waals surface area (Å²) < 4.78 is 0. The van der Waals surface area contributed by atoms with E-state index in [9.17, 15) is 0 Å². The molecule has 2 aliphatic rings. The van der Waals surface area contributed by atoms with Gasteiger partial charge in [0.2, 0.25) is 0 Å². The summed E-state index contributed by atoms with van der Waals surface area (Å²) in [6, 6.07) is 0. The predicted molar refractivity (Wildman–Crippen MR) is 94.0 cm³/mol. The van der Waals surface area contributed by atoms with Crippen LogP contribution in [0.2, 0.25) is 0 Å². The molecule has 0 spiro atoms. The fraction of sp³-hybridized carbons (Fsp3) is 0.824. The molecule has 22 heavy (non-hydrogen) atoms. The number of hydrogen-bond acceptors (Lipinski definition) is 5. The second-order valence-corrected chi connectivity index (χ2v) is 8.16. The molecule has 1 aliphatic heterocycles. The Balaban J connectivity index is 1.34. The van der Waals surface area contributed by atoms with Gasteiger partial charge in [0.15, 0.2) is 5.13 Å². The van der Waals surface area contributed by atoms with Crippen LogP contribution in [0.4, 0.5) is 5.13 Å². The van der Waals surface area contributed by atoms with Crippen molar-refractivity contribution < 1.29 is 0 Å². The number of aromatic nitrogens is 1. The summed E-state index contributed by atoms with van der Waals surface area (Å²) in [5.74, 6) is 1.95. The minimum Gasteiger partial charge on any atom is -0.375 e. The van der Waals surface area contributed by atoms with Crippen molar-refractivity contribution in [3.8, 4) is 0 Å². The maximum absolute atomic E-state index is 5.71. The molecule has 5 heteroatoms. The van der Waals surface area contributed by atoms with Gasteiger partial charge in [-0.15, -0.1) is 11.3 Å². The van der Waals surface area contributed by atoms with Crippen LogP contribution in [-0.2, 0) is 6.54 Å². The van der Waals surface area contributed by atoms with E-state index in [0.717, 1.165) is 18.4 Å². The van der Waals surface area contributed by atoms with E-state index in [2.05, 4.69) is 21.7 Å². The molecular formula is C17H30N4S. The normalized spacial score (nSPS) is 20.8. The van der Waals surface area contributed by atoms with Crippen molar-refractivity contribution in [3.63, 3.8) is 0 Å². The maximum Gasteiger partial charge on any atom is 0.180 e. The summed E-state index contributed by atoms with van der Waals surface area (Å²) in [5, 5.41) is 0.695. The smallest absolute Gasteiger partial charge is 0.180 e. The molecular weight excluding hydrogens is 292 g/mol. The minimum atomic E-state index is 0.695. The first-order chi connectivity index (χ1) is 10.7. The van der Waals surface area contributed by atoms with Gasteiger partial charge in [0, 0.05) is 24.2 Å². The number of piperidine rings is 1. The molecule has 124 valence electrons. The minimum absolute atomic E-state index is 0.695. The Morgan fingerprint density at radius 3 is 2.64 bits per heavy atom. The number of hydrogen-bond donors (Lipinski definition) is 1. The van der Waals surface area contributed by atoms with E-state index in [-0.39, 0.29) is 0 Å². The molecule has 2 fully saturated rings. The monoisotopic (exact) mass is 322 g/mol. The number of likely N-dealkylation sites (tertiary alicyclic amines) is 1. The third-order valence-corrected chi connectivity index (χ3v) is 5.98. The lowest BCUT2D eigenvalue weighted by Crippen LogP contribution is -2.35. The Bertz CT molecular complexity index is 449. The van der Waals surface area contributed by atoms with E-state index >= 15 is 0 Å². The van der Waals surface area contributed by atoms with Gasteiger partial charge in [0.1, 0.15) is 0 Å². The van der Waals surface area contributed by atoms with Crippen molar-refractivity contribution in [2.45, 2.75) is 45.6 Å². The Labute approximate surface area is 138 Å². The van der Waals surface area contributed by atoms with Gasteiger partial charge in [0.25, 0.3) is 0 Å². The number of nitrogens with zero attached hydrogens (tertiary/aromatic N) is 3. The van der Waals surface area contributed by atoms with Crippen LogP contribution in [-0.4, -0.2) is 47.5 Å². The Morgan fingerprint density at radius 1 is 1.27 bits per heavy atom. The van der Waals surface area contributed by atoms with E-state index in [1.165, 1.54) is 69.7 Å². The second-order valence-electron chi connectivity index (χ2n) is 7.01. The average molecular weight is 323 g/mol. The molecule has 0 aromatic carbocycles. The lowest BCUT2D eigenvalue weighted by Gasteiger charge is -2.32. The molecule has 4 nitrogen and oxygen atoms in total. The lowest BCUT2D eigenvalue weighted by molar-refractivity contribution is 0.159. The number of rotatable bonds is 8. The van der Waals surface area contributed by atoms with Crippen LogP contribution in [0.5, 0.6) is 0 Å². The average Bonchev–Trinajstić information content (AvgIpc) is 3.26. The highest BCUT2D eigenvalue weighted by Gasteiger charge is 2.25. The fourth-order valence-electron chi connectivity index (χ4n) is 3.46. The summed E-state index contributed by atoms with van der Waals surface area (Å²) in [6.45, 7) is 9.69. The fourth-order valence-corrected chi connectivity index (χ4v) is 4.19. The molecule has 0 radical (unpaired) electrons. The molecule has 0 atom stereocenters. The largest absolute Gasteiger partial charge is 0.375 e. The number of anilines is 1. The summed E-state index contributed by atoms with van der Waals surface area (Å²) in [7, 11) is 0. The highest BCUT2D eigenvalue weighted by molar-refractivity contribution is 7.15. The molecule has 1 saturated carbocycles. The predicted octanol–water partition coefficient (Wildman–Crippen LogP) is 3.06. The molecule has 3 rings (SSSR count). The van der Waals surface area contributed by atoms with Crippen LogP contribution in [0.25, 0.3) is 0 Å². The third-order valence-electron chi connectivity index (χ3n) is 5.17. The SMILES string of the molecule is CCN(CCC1CCN(Cc2cnc(N)s2)CC1)CC1CC1. The zero-order valence-electron chi connectivity index (χ0n) is 13.8. The van der Waals surface area contributed by atoms with E-state index in [1.807, 2.05) is 6.20 Å². The first-order valence-electron chi connectivity index (χ1n) is 8.87. The van der Waals surface area contributed by atoms with Crippen molar-refractivity contribution in [2.24, 2.45) is 11.8 Å². The topological polar surface area (TPSA) is 45.4 Å². The molecule has 1 saturated heterocycles. The van der Waals surface area contributed by atoms with Gasteiger partial charge >= 0.3 is 0 Å². The zero-order valence-corrected chi connectivity index (χ0v) is 14.7. The lowest BCUT2D eigenvalue weighted by atomic mass is 9.93. The molecule has 1 aromatic heterocycles. The van der Waals surface area contributed by atoms with Crippen molar-refractivity contribution in [3.05, 3.63) is 11.1 Å². The van der Waals surface area contributed by atoms with E-state index in [0.29, 0.717) is 5.13 Å². The van der Waals surface area contributed by atoms with Crippen molar-refractivity contribution in [2.75, 3.05) is 38.5 Å². The van der Waals surface area contributed by atoms with Crippen LogP contribution in [0, 0.1) is 11.8 Å². The summed E-state index contributed by atoms with van der Waals surface area (Å²) in [4.78, 5) is 10.7. The second kappa shape index (κ2) is 7.75.